The molecule has 11 heteroatoms. The third-order valence-corrected chi connectivity index (χ3v) is 8.05. The maximum absolute atomic E-state index is 13.3. The van der Waals surface area contributed by atoms with Gasteiger partial charge < -0.3 is 15.4 Å². The van der Waals surface area contributed by atoms with Gasteiger partial charge in [-0.15, -0.1) is 0 Å². The molecule has 0 spiro atoms. The van der Waals surface area contributed by atoms with E-state index in [-0.39, 0.29) is 47.2 Å². The molecule has 2 aromatic carbocycles. The van der Waals surface area contributed by atoms with Gasteiger partial charge in [-0.1, -0.05) is 23.2 Å². The van der Waals surface area contributed by atoms with E-state index in [2.05, 4.69) is 10.6 Å². The molecule has 2 amide bonds. The van der Waals surface area contributed by atoms with Crippen molar-refractivity contribution in [2.24, 2.45) is 5.92 Å². The summed E-state index contributed by atoms with van der Waals surface area (Å²) in [5.41, 5.74) is 1.77. The third kappa shape index (κ3) is 4.56. The van der Waals surface area contributed by atoms with Gasteiger partial charge in [0.15, 0.2) is 6.61 Å². The zero-order valence-corrected chi connectivity index (χ0v) is 19.5. The van der Waals surface area contributed by atoms with E-state index in [4.69, 9.17) is 27.9 Å². The fourth-order valence-corrected chi connectivity index (χ4v) is 6.06. The SMILES string of the molecule is Cc1cc(Cl)ccc1NC(=O)C1CCCN(S(=O)(=O)c2cc3c(cc2Cl)NC(=O)CO3)C1. The van der Waals surface area contributed by atoms with Crippen LogP contribution < -0.4 is 15.4 Å². The normalized spacial score (nSPS) is 19.0. The van der Waals surface area contributed by atoms with Crippen LogP contribution in [0.4, 0.5) is 11.4 Å². The number of nitrogens with one attached hydrogen (secondary N) is 2. The Bertz CT molecular complexity index is 1200. The summed E-state index contributed by atoms with van der Waals surface area (Å²) < 4.78 is 33.3. The molecular weight excluding hydrogens is 477 g/mol. The van der Waals surface area contributed by atoms with Crippen molar-refractivity contribution in [2.45, 2.75) is 24.7 Å². The molecule has 4 rings (SSSR count). The van der Waals surface area contributed by atoms with E-state index in [0.717, 1.165) is 5.56 Å². The molecule has 2 aromatic rings. The minimum atomic E-state index is -3.98. The van der Waals surface area contributed by atoms with Gasteiger partial charge in [-0.25, -0.2) is 8.42 Å². The lowest BCUT2D eigenvalue weighted by Gasteiger charge is -2.32. The number of hydrogen-bond donors (Lipinski definition) is 2. The quantitative estimate of drug-likeness (QED) is 0.670. The zero-order chi connectivity index (χ0) is 23.0. The lowest BCUT2D eigenvalue weighted by molar-refractivity contribution is -0.121. The van der Waals surface area contributed by atoms with Gasteiger partial charge in [-0.05, 0) is 49.6 Å². The van der Waals surface area contributed by atoms with E-state index < -0.39 is 15.9 Å². The van der Waals surface area contributed by atoms with Gasteiger partial charge in [0.25, 0.3) is 5.91 Å². The summed E-state index contributed by atoms with van der Waals surface area (Å²) in [6.07, 6.45) is 1.10. The molecule has 32 heavy (non-hydrogen) atoms. The number of anilines is 2. The maximum atomic E-state index is 13.3. The number of hydrogen-bond acceptors (Lipinski definition) is 5. The molecule has 2 aliphatic heterocycles. The predicted molar refractivity (Wildman–Crippen MR) is 122 cm³/mol. The third-order valence-electron chi connectivity index (χ3n) is 5.49. The van der Waals surface area contributed by atoms with Crippen LogP contribution in [-0.2, 0) is 19.6 Å². The van der Waals surface area contributed by atoms with E-state index in [0.29, 0.717) is 29.2 Å². The van der Waals surface area contributed by atoms with Crippen molar-refractivity contribution in [3.63, 3.8) is 0 Å². The van der Waals surface area contributed by atoms with E-state index in [1.165, 1.54) is 16.4 Å². The van der Waals surface area contributed by atoms with Gasteiger partial charge in [0, 0.05) is 29.9 Å². The highest BCUT2D eigenvalue weighted by atomic mass is 35.5. The summed E-state index contributed by atoms with van der Waals surface area (Å²) in [4.78, 5) is 24.2. The van der Waals surface area contributed by atoms with Crippen LogP contribution in [0.25, 0.3) is 0 Å². The highest BCUT2D eigenvalue weighted by Gasteiger charge is 2.35. The molecule has 2 aliphatic rings. The van der Waals surface area contributed by atoms with Crippen molar-refractivity contribution in [1.29, 1.82) is 0 Å². The number of piperidine rings is 1. The van der Waals surface area contributed by atoms with Gasteiger partial charge in [0.05, 0.1) is 16.6 Å². The Kier molecular flexibility index (Phi) is 6.35. The Morgan fingerprint density at radius 1 is 1.25 bits per heavy atom. The first kappa shape index (κ1) is 22.8. The van der Waals surface area contributed by atoms with E-state index in [9.17, 15) is 18.0 Å². The molecule has 1 fully saturated rings. The molecule has 0 radical (unpaired) electrons. The van der Waals surface area contributed by atoms with Gasteiger partial charge >= 0.3 is 0 Å². The Morgan fingerprint density at radius 3 is 2.78 bits per heavy atom. The number of carbonyl (C=O) groups excluding carboxylic acids is 2. The molecule has 1 saturated heterocycles. The molecule has 170 valence electrons. The average molecular weight is 498 g/mol. The van der Waals surface area contributed by atoms with Crippen LogP contribution in [0.3, 0.4) is 0 Å². The molecule has 1 atom stereocenters. The second-order valence-electron chi connectivity index (χ2n) is 7.77. The van der Waals surface area contributed by atoms with Crippen LogP contribution in [0.5, 0.6) is 5.75 Å². The number of ether oxygens (including phenoxy) is 1. The van der Waals surface area contributed by atoms with Crippen LogP contribution in [0.15, 0.2) is 35.2 Å². The standard InChI is InChI=1S/C21H21Cl2N3O5S/c1-12-7-14(22)4-5-16(12)25-21(28)13-3-2-6-26(10-13)32(29,30)19-9-18-17(8-15(19)23)24-20(27)11-31-18/h4-5,7-9,13H,2-3,6,10-11H2,1H3,(H,24,27)(H,25,28). The summed E-state index contributed by atoms with van der Waals surface area (Å²) in [6, 6.07) is 7.83. The first-order chi connectivity index (χ1) is 15.1. The molecule has 1 unspecified atom stereocenters. The molecule has 0 aromatic heterocycles. The number of halogens is 2. The lowest BCUT2D eigenvalue weighted by Crippen LogP contribution is -2.43. The number of nitrogens with zero attached hydrogens (tertiary/aromatic N) is 1. The van der Waals surface area contributed by atoms with Crippen LogP contribution in [0.1, 0.15) is 18.4 Å². The first-order valence-electron chi connectivity index (χ1n) is 9.98. The minimum absolute atomic E-state index is 0.0297. The maximum Gasteiger partial charge on any atom is 0.262 e. The minimum Gasteiger partial charge on any atom is -0.482 e. The van der Waals surface area contributed by atoms with Crippen molar-refractivity contribution >= 4 is 56.4 Å². The van der Waals surface area contributed by atoms with Gasteiger partial charge in [0.1, 0.15) is 10.6 Å². The molecular formula is C21H21Cl2N3O5S. The summed E-state index contributed by atoms with van der Waals surface area (Å²) in [6.45, 7) is 1.94. The number of aryl methyl sites for hydroxylation is 1. The average Bonchev–Trinajstić information content (AvgIpc) is 2.75. The van der Waals surface area contributed by atoms with Crippen molar-refractivity contribution in [3.8, 4) is 5.75 Å². The monoisotopic (exact) mass is 497 g/mol. The Hall–Kier alpha value is -2.33. The van der Waals surface area contributed by atoms with Crippen LogP contribution in [-0.4, -0.2) is 44.2 Å². The Labute approximate surface area is 195 Å². The Balaban J connectivity index is 1.53. The Morgan fingerprint density at radius 2 is 2.03 bits per heavy atom. The van der Waals surface area contributed by atoms with Crippen molar-refractivity contribution < 1.29 is 22.7 Å². The molecule has 0 saturated carbocycles. The summed E-state index contributed by atoms with van der Waals surface area (Å²) in [5.74, 6) is -0.875. The molecule has 2 heterocycles. The van der Waals surface area contributed by atoms with E-state index >= 15 is 0 Å². The molecule has 2 N–H and O–H groups in total. The van der Waals surface area contributed by atoms with E-state index in [1.807, 2.05) is 6.92 Å². The van der Waals surface area contributed by atoms with Gasteiger partial charge in [-0.2, -0.15) is 4.31 Å². The molecule has 0 aliphatic carbocycles. The number of benzene rings is 2. The summed E-state index contributed by atoms with van der Waals surface area (Å²) in [5, 5.41) is 6.00. The van der Waals surface area contributed by atoms with Crippen LogP contribution in [0.2, 0.25) is 10.0 Å². The number of amides is 2. The fourth-order valence-electron chi connectivity index (χ4n) is 3.80. The second kappa shape index (κ2) is 8.90. The zero-order valence-electron chi connectivity index (χ0n) is 17.2. The summed E-state index contributed by atoms with van der Waals surface area (Å²) in [7, 11) is -3.98. The predicted octanol–water partition coefficient (Wildman–Crippen LogP) is 3.67. The van der Waals surface area contributed by atoms with Crippen molar-refractivity contribution in [2.75, 3.05) is 30.3 Å². The number of carbonyl (C=O) groups is 2. The van der Waals surface area contributed by atoms with Crippen LogP contribution >= 0.6 is 23.2 Å². The number of fused-ring (bicyclic) bond motifs is 1. The van der Waals surface area contributed by atoms with Crippen molar-refractivity contribution in [1.82, 2.24) is 4.31 Å². The van der Waals surface area contributed by atoms with Crippen LogP contribution in [0, 0.1) is 12.8 Å². The highest BCUT2D eigenvalue weighted by molar-refractivity contribution is 7.89. The first-order valence-corrected chi connectivity index (χ1v) is 12.2. The van der Waals surface area contributed by atoms with Gasteiger partial charge in [-0.3, -0.25) is 9.59 Å². The smallest absolute Gasteiger partial charge is 0.262 e. The largest absolute Gasteiger partial charge is 0.482 e. The molecule has 8 nitrogen and oxygen atoms in total. The fraction of sp³-hybridized carbons (Fsp3) is 0.333. The van der Waals surface area contributed by atoms with Gasteiger partial charge in [0.2, 0.25) is 15.9 Å². The van der Waals surface area contributed by atoms with E-state index in [1.54, 1.807) is 18.2 Å². The second-order valence-corrected chi connectivity index (χ2v) is 10.5. The number of rotatable bonds is 4. The topological polar surface area (TPSA) is 105 Å². The highest BCUT2D eigenvalue weighted by Crippen LogP contribution is 2.37. The van der Waals surface area contributed by atoms with Crippen molar-refractivity contribution in [3.05, 3.63) is 45.9 Å². The lowest BCUT2D eigenvalue weighted by atomic mass is 9.98. The number of sulfonamides is 1. The summed E-state index contributed by atoms with van der Waals surface area (Å²) >= 11 is 12.2. The molecule has 0 bridgehead atoms.